The average Bonchev–Trinajstić information content (AvgIpc) is 2.34. The maximum atomic E-state index is 9.96. The summed E-state index contributed by atoms with van der Waals surface area (Å²) in [5.74, 6) is 1.40. The topological polar surface area (TPSA) is 20.2 Å². The van der Waals surface area contributed by atoms with E-state index in [1.54, 1.807) is 0 Å². The first kappa shape index (κ1) is 13.8. The number of hydrogen-bond acceptors (Lipinski definition) is 1. The minimum atomic E-state index is -0.107. The molecule has 94 valence electrons. The van der Waals surface area contributed by atoms with Crippen molar-refractivity contribution in [3.63, 3.8) is 0 Å². The Morgan fingerprint density at radius 1 is 1.31 bits per heavy atom. The summed E-state index contributed by atoms with van der Waals surface area (Å²) in [6.45, 7) is 5.99. The molecule has 1 unspecified atom stereocenters. The Morgan fingerprint density at radius 2 is 2.00 bits per heavy atom. The van der Waals surface area contributed by atoms with Crippen LogP contribution in [0.15, 0.2) is 12.7 Å². The third-order valence-corrected chi connectivity index (χ3v) is 4.07. The van der Waals surface area contributed by atoms with Crippen LogP contribution in [0.5, 0.6) is 0 Å². The minimum absolute atomic E-state index is 0.107. The van der Waals surface area contributed by atoms with Crippen LogP contribution in [-0.4, -0.2) is 11.2 Å². The molecule has 0 aromatic heterocycles. The predicted octanol–water partition coefficient (Wildman–Crippen LogP) is 4.31. The van der Waals surface area contributed by atoms with Crippen LogP contribution in [0.2, 0.25) is 0 Å². The molecule has 1 aliphatic rings. The third-order valence-electron chi connectivity index (χ3n) is 4.07. The van der Waals surface area contributed by atoms with Gasteiger partial charge in [0, 0.05) is 0 Å². The van der Waals surface area contributed by atoms with E-state index < -0.39 is 0 Å². The van der Waals surface area contributed by atoms with E-state index in [2.05, 4.69) is 13.5 Å². The lowest BCUT2D eigenvalue weighted by Gasteiger charge is -2.23. The molecule has 1 aliphatic carbocycles. The Balaban J connectivity index is 2.13. The second-order valence-electron chi connectivity index (χ2n) is 5.37. The van der Waals surface area contributed by atoms with Gasteiger partial charge in [-0.05, 0) is 37.5 Å². The molecule has 0 aromatic rings. The highest BCUT2D eigenvalue weighted by atomic mass is 16.3. The molecule has 0 aromatic carbocycles. The number of aliphatic hydroxyl groups excluding tert-OH is 1. The molecule has 1 heteroatoms. The molecular formula is C15H28O. The van der Waals surface area contributed by atoms with Gasteiger partial charge in [0.05, 0.1) is 6.10 Å². The normalized spacial score (nSPS) is 21.6. The molecule has 1 fully saturated rings. The van der Waals surface area contributed by atoms with Crippen LogP contribution in [0.3, 0.4) is 0 Å². The standard InChI is InChI=1S/C15H28O/c1-3-13(4-2)12-15(16)11-10-14-8-6-5-7-9-14/h3,13-16H,1,4-12H2,2H3/t13-,15?/m1/s1. The number of aliphatic hydroxyl groups is 1. The zero-order chi connectivity index (χ0) is 11.8. The Bertz CT molecular complexity index is 182. The maximum Gasteiger partial charge on any atom is 0.0546 e. The van der Waals surface area contributed by atoms with E-state index in [-0.39, 0.29) is 6.10 Å². The van der Waals surface area contributed by atoms with Crippen LogP contribution in [0, 0.1) is 11.8 Å². The number of allylic oxidation sites excluding steroid dienone is 1. The van der Waals surface area contributed by atoms with E-state index in [0.29, 0.717) is 5.92 Å². The van der Waals surface area contributed by atoms with Gasteiger partial charge < -0.3 is 5.11 Å². The van der Waals surface area contributed by atoms with Gasteiger partial charge in [0.25, 0.3) is 0 Å². The van der Waals surface area contributed by atoms with Crippen molar-refractivity contribution in [3.8, 4) is 0 Å². The van der Waals surface area contributed by atoms with Crippen LogP contribution in [-0.2, 0) is 0 Å². The smallest absolute Gasteiger partial charge is 0.0546 e. The van der Waals surface area contributed by atoms with Crippen LogP contribution in [0.4, 0.5) is 0 Å². The molecule has 0 amide bonds. The van der Waals surface area contributed by atoms with Crippen LogP contribution in [0.1, 0.15) is 64.7 Å². The van der Waals surface area contributed by atoms with Crippen molar-refractivity contribution in [1.82, 2.24) is 0 Å². The summed E-state index contributed by atoms with van der Waals surface area (Å²) in [6, 6.07) is 0. The maximum absolute atomic E-state index is 9.96. The molecular weight excluding hydrogens is 196 g/mol. The third kappa shape index (κ3) is 5.16. The largest absolute Gasteiger partial charge is 0.393 e. The Kier molecular flexibility index (Phi) is 6.79. The van der Waals surface area contributed by atoms with Crippen LogP contribution in [0.25, 0.3) is 0 Å². The van der Waals surface area contributed by atoms with Gasteiger partial charge in [0.2, 0.25) is 0 Å². The van der Waals surface area contributed by atoms with Gasteiger partial charge in [-0.2, -0.15) is 0 Å². The first-order valence-electron chi connectivity index (χ1n) is 7.06. The van der Waals surface area contributed by atoms with Gasteiger partial charge in [0.1, 0.15) is 0 Å². The van der Waals surface area contributed by atoms with Crippen LogP contribution < -0.4 is 0 Å². The molecule has 1 N–H and O–H groups in total. The van der Waals surface area contributed by atoms with E-state index in [1.165, 1.54) is 38.5 Å². The van der Waals surface area contributed by atoms with Gasteiger partial charge in [-0.25, -0.2) is 0 Å². The highest BCUT2D eigenvalue weighted by Crippen LogP contribution is 2.28. The predicted molar refractivity (Wildman–Crippen MR) is 70.4 cm³/mol. The molecule has 2 atom stereocenters. The van der Waals surface area contributed by atoms with E-state index in [1.807, 2.05) is 6.08 Å². The zero-order valence-electron chi connectivity index (χ0n) is 10.8. The molecule has 0 radical (unpaired) electrons. The Morgan fingerprint density at radius 3 is 2.56 bits per heavy atom. The number of rotatable bonds is 7. The van der Waals surface area contributed by atoms with E-state index in [4.69, 9.17) is 0 Å². The average molecular weight is 224 g/mol. The Labute approximate surface area is 101 Å². The molecule has 0 saturated heterocycles. The van der Waals surface area contributed by atoms with Gasteiger partial charge in [-0.1, -0.05) is 45.1 Å². The lowest BCUT2D eigenvalue weighted by Crippen LogP contribution is -2.15. The first-order valence-corrected chi connectivity index (χ1v) is 7.06. The Hall–Kier alpha value is -0.300. The summed E-state index contributed by atoms with van der Waals surface area (Å²) >= 11 is 0. The molecule has 1 rings (SSSR count). The molecule has 0 aliphatic heterocycles. The quantitative estimate of drug-likeness (QED) is 0.639. The summed E-state index contributed by atoms with van der Waals surface area (Å²) in [5, 5.41) is 9.96. The van der Waals surface area contributed by atoms with Gasteiger partial charge >= 0.3 is 0 Å². The molecule has 0 bridgehead atoms. The van der Waals surface area contributed by atoms with Gasteiger partial charge in [-0.15, -0.1) is 6.58 Å². The lowest BCUT2D eigenvalue weighted by molar-refractivity contribution is 0.127. The van der Waals surface area contributed by atoms with Crippen molar-refractivity contribution in [3.05, 3.63) is 12.7 Å². The molecule has 16 heavy (non-hydrogen) atoms. The van der Waals surface area contributed by atoms with Crippen LogP contribution >= 0.6 is 0 Å². The molecule has 1 nitrogen and oxygen atoms in total. The SMILES string of the molecule is C=C[C@H](CC)CC(O)CCC1CCCCC1. The molecule has 0 heterocycles. The van der Waals surface area contributed by atoms with Crippen molar-refractivity contribution in [2.75, 3.05) is 0 Å². The molecule has 0 spiro atoms. The minimum Gasteiger partial charge on any atom is -0.393 e. The summed E-state index contributed by atoms with van der Waals surface area (Å²) in [6.07, 6.45) is 13.1. The first-order chi connectivity index (χ1) is 7.76. The fourth-order valence-corrected chi connectivity index (χ4v) is 2.80. The molecule has 1 saturated carbocycles. The second kappa shape index (κ2) is 7.89. The summed E-state index contributed by atoms with van der Waals surface area (Å²) < 4.78 is 0. The van der Waals surface area contributed by atoms with Crippen molar-refractivity contribution in [2.45, 2.75) is 70.8 Å². The van der Waals surface area contributed by atoms with Crippen molar-refractivity contribution in [2.24, 2.45) is 11.8 Å². The number of hydrogen-bond donors (Lipinski definition) is 1. The van der Waals surface area contributed by atoms with E-state index >= 15 is 0 Å². The van der Waals surface area contributed by atoms with Gasteiger partial charge in [0.15, 0.2) is 0 Å². The lowest BCUT2D eigenvalue weighted by atomic mass is 9.84. The monoisotopic (exact) mass is 224 g/mol. The summed E-state index contributed by atoms with van der Waals surface area (Å²) in [5.41, 5.74) is 0. The second-order valence-corrected chi connectivity index (χ2v) is 5.37. The van der Waals surface area contributed by atoms with Crippen molar-refractivity contribution in [1.29, 1.82) is 0 Å². The summed E-state index contributed by atoms with van der Waals surface area (Å²) in [4.78, 5) is 0. The zero-order valence-corrected chi connectivity index (χ0v) is 10.8. The fourth-order valence-electron chi connectivity index (χ4n) is 2.80. The summed E-state index contributed by atoms with van der Waals surface area (Å²) in [7, 11) is 0. The van der Waals surface area contributed by atoms with Crippen molar-refractivity contribution >= 4 is 0 Å². The fraction of sp³-hybridized carbons (Fsp3) is 0.867. The van der Waals surface area contributed by atoms with E-state index in [9.17, 15) is 5.11 Å². The highest BCUT2D eigenvalue weighted by molar-refractivity contribution is 4.80. The van der Waals surface area contributed by atoms with Crippen molar-refractivity contribution < 1.29 is 5.11 Å². The van der Waals surface area contributed by atoms with Gasteiger partial charge in [-0.3, -0.25) is 0 Å². The van der Waals surface area contributed by atoms with E-state index in [0.717, 1.165) is 25.2 Å². The highest BCUT2D eigenvalue weighted by Gasteiger charge is 2.16.